The first-order valence-electron chi connectivity index (χ1n) is 5.95. The number of fused-ring (bicyclic) bond motifs is 1. The van der Waals surface area contributed by atoms with Crippen LogP contribution in [0.5, 0.6) is 0 Å². The first-order chi connectivity index (χ1) is 9.65. The molecule has 100 valence electrons. The van der Waals surface area contributed by atoms with Crippen LogP contribution in [-0.4, -0.2) is 26.1 Å². The molecule has 0 saturated heterocycles. The zero-order chi connectivity index (χ0) is 14.1. The van der Waals surface area contributed by atoms with E-state index < -0.39 is 5.97 Å². The van der Waals surface area contributed by atoms with Gasteiger partial charge in [0.1, 0.15) is 11.0 Å². The molecule has 1 heterocycles. The first kappa shape index (κ1) is 12.8. The highest BCUT2D eigenvalue weighted by molar-refractivity contribution is 9.10. The smallest absolute Gasteiger partial charge is 0.337 e. The highest BCUT2D eigenvalue weighted by Gasteiger charge is 2.14. The van der Waals surface area contributed by atoms with Gasteiger partial charge < -0.3 is 5.11 Å². The summed E-state index contributed by atoms with van der Waals surface area (Å²) < 4.78 is 2.61. The molecular formula is C14H10BrN3O2. The summed E-state index contributed by atoms with van der Waals surface area (Å²) in [4.78, 5) is 11.3. The minimum absolute atomic E-state index is 0.213. The SMILES string of the molecule is O=C(O)c1cccc2nnn(Cc3ccc(Br)cc3)c12. The molecule has 0 aliphatic rings. The van der Waals surface area contributed by atoms with E-state index in [4.69, 9.17) is 0 Å². The van der Waals surface area contributed by atoms with Crippen LogP contribution < -0.4 is 0 Å². The lowest BCUT2D eigenvalue weighted by Crippen LogP contribution is -2.06. The van der Waals surface area contributed by atoms with Crippen molar-refractivity contribution in [3.8, 4) is 0 Å². The van der Waals surface area contributed by atoms with E-state index in [0.29, 0.717) is 17.6 Å². The molecule has 0 atom stereocenters. The van der Waals surface area contributed by atoms with Crippen LogP contribution in [0.3, 0.4) is 0 Å². The second kappa shape index (κ2) is 5.05. The van der Waals surface area contributed by atoms with Gasteiger partial charge in [-0.15, -0.1) is 5.10 Å². The third kappa shape index (κ3) is 2.30. The lowest BCUT2D eigenvalue weighted by molar-refractivity contribution is 0.0698. The first-order valence-corrected chi connectivity index (χ1v) is 6.74. The van der Waals surface area contributed by atoms with E-state index in [1.165, 1.54) is 0 Å². The van der Waals surface area contributed by atoms with E-state index in [9.17, 15) is 9.90 Å². The zero-order valence-corrected chi connectivity index (χ0v) is 11.9. The topological polar surface area (TPSA) is 68.0 Å². The van der Waals surface area contributed by atoms with Gasteiger partial charge in [0, 0.05) is 4.47 Å². The maximum absolute atomic E-state index is 11.3. The summed E-state index contributed by atoms with van der Waals surface area (Å²) in [5.41, 5.74) is 2.37. The van der Waals surface area contributed by atoms with Crippen molar-refractivity contribution in [2.45, 2.75) is 6.54 Å². The van der Waals surface area contributed by atoms with Crippen molar-refractivity contribution in [3.05, 3.63) is 58.1 Å². The number of aromatic carboxylic acids is 1. The van der Waals surface area contributed by atoms with E-state index in [0.717, 1.165) is 10.0 Å². The Morgan fingerprint density at radius 2 is 1.95 bits per heavy atom. The molecule has 1 N–H and O–H groups in total. The predicted molar refractivity (Wildman–Crippen MR) is 77.7 cm³/mol. The van der Waals surface area contributed by atoms with Crippen LogP contribution >= 0.6 is 15.9 Å². The molecular weight excluding hydrogens is 322 g/mol. The van der Waals surface area contributed by atoms with Gasteiger partial charge in [-0.2, -0.15) is 0 Å². The Morgan fingerprint density at radius 3 is 2.65 bits per heavy atom. The van der Waals surface area contributed by atoms with Gasteiger partial charge in [0.25, 0.3) is 0 Å². The number of para-hydroxylation sites is 1. The number of benzene rings is 2. The molecule has 0 radical (unpaired) electrons. The van der Waals surface area contributed by atoms with Gasteiger partial charge >= 0.3 is 5.97 Å². The molecule has 0 fully saturated rings. The van der Waals surface area contributed by atoms with Gasteiger partial charge in [0.15, 0.2) is 0 Å². The van der Waals surface area contributed by atoms with Crippen molar-refractivity contribution in [3.63, 3.8) is 0 Å². The Hall–Kier alpha value is -2.21. The number of carboxylic acid groups (broad SMARTS) is 1. The molecule has 20 heavy (non-hydrogen) atoms. The average Bonchev–Trinajstić information content (AvgIpc) is 2.84. The van der Waals surface area contributed by atoms with Crippen LogP contribution in [0, 0.1) is 0 Å². The fourth-order valence-electron chi connectivity index (χ4n) is 2.08. The number of carboxylic acids is 1. The molecule has 0 aliphatic heterocycles. The average molecular weight is 332 g/mol. The molecule has 2 aromatic carbocycles. The van der Waals surface area contributed by atoms with E-state index >= 15 is 0 Å². The Bertz CT molecular complexity index is 781. The summed E-state index contributed by atoms with van der Waals surface area (Å²) in [5, 5.41) is 17.3. The fourth-order valence-corrected chi connectivity index (χ4v) is 2.34. The number of rotatable bonds is 3. The number of aromatic nitrogens is 3. The van der Waals surface area contributed by atoms with Crippen molar-refractivity contribution in [2.24, 2.45) is 0 Å². The molecule has 0 saturated carbocycles. The molecule has 0 spiro atoms. The van der Waals surface area contributed by atoms with Crippen molar-refractivity contribution >= 4 is 32.9 Å². The second-order valence-corrected chi connectivity index (χ2v) is 5.27. The third-order valence-corrected chi connectivity index (χ3v) is 3.54. The summed E-state index contributed by atoms with van der Waals surface area (Å²) >= 11 is 3.38. The van der Waals surface area contributed by atoms with Crippen molar-refractivity contribution in [1.82, 2.24) is 15.0 Å². The number of hydrogen-bond donors (Lipinski definition) is 1. The Labute approximate surface area is 123 Å². The van der Waals surface area contributed by atoms with Crippen molar-refractivity contribution in [2.75, 3.05) is 0 Å². The molecule has 0 bridgehead atoms. The highest BCUT2D eigenvalue weighted by Crippen LogP contribution is 2.18. The molecule has 0 amide bonds. The van der Waals surface area contributed by atoms with E-state index in [1.54, 1.807) is 22.9 Å². The predicted octanol–water partition coefficient (Wildman–Crippen LogP) is 2.94. The maximum atomic E-state index is 11.3. The standard InChI is InChI=1S/C14H10BrN3O2/c15-10-6-4-9(5-7-10)8-18-13-11(14(19)20)2-1-3-12(13)16-17-18/h1-7H,8H2,(H,19,20). The normalized spacial score (nSPS) is 10.8. The van der Waals surface area contributed by atoms with Crippen molar-refractivity contribution in [1.29, 1.82) is 0 Å². The minimum Gasteiger partial charge on any atom is -0.478 e. The fraction of sp³-hybridized carbons (Fsp3) is 0.0714. The molecule has 6 heteroatoms. The summed E-state index contributed by atoms with van der Waals surface area (Å²) in [6.45, 7) is 0.480. The molecule has 0 aliphatic carbocycles. The molecule has 1 aromatic heterocycles. The van der Waals surface area contributed by atoms with E-state index in [-0.39, 0.29) is 5.56 Å². The van der Waals surface area contributed by atoms with Gasteiger partial charge in [-0.1, -0.05) is 39.3 Å². The summed E-state index contributed by atoms with van der Waals surface area (Å²) in [5.74, 6) is -0.977. The summed E-state index contributed by atoms with van der Waals surface area (Å²) in [6, 6.07) is 12.8. The van der Waals surface area contributed by atoms with E-state index in [2.05, 4.69) is 26.2 Å². The summed E-state index contributed by atoms with van der Waals surface area (Å²) in [6.07, 6.45) is 0. The Balaban J connectivity index is 2.07. The van der Waals surface area contributed by atoms with Crippen molar-refractivity contribution < 1.29 is 9.90 Å². The van der Waals surface area contributed by atoms with Gasteiger partial charge in [-0.3, -0.25) is 0 Å². The molecule has 5 nitrogen and oxygen atoms in total. The van der Waals surface area contributed by atoms with Crippen LogP contribution in [0.1, 0.15) is 15.9 Å². The Morgan fingerprint density at radius 1 is 1.20 bits per heavy atom. The number of carbonyl (C=O) groups is 1. The summed E-state index contributed by atoms with van der Waals surface area (Å²) in [7, 11) is 0. The van der Waals surface area contributed by atoms with Crippen LogP contribution in [0.25, 0.3) is 11.0 Å². The zero-order valence-electron chi connectivity index (χ0n) is 10.3. The minimum atomic E-state index is -0.977. The highest BCUT2D eigenvalue weighted by atomic mass is 79.9. The van der Waals surface area contributed by atoms with E-state index in [1.807, 2.05) is 24.3 Å². The second-order valence-electron chi connectivity index (χ2n) is 4.35. The third-order valence-electron chi connectivity index (χ3n) is 3.01. The number of halogens is 1. The van der Waals surface area contributed by atoms with Gasteiger partial charge in [0.05, 0.1) is 12.1 Å². The van der Waals surface area contributed by atoms with Crippen LogP contribution in [0.4, 0.5) is 0 Å². The largest absolute Gasteiger partial charge is 0.478 e. The lowest BCUT2D eigenvalue weighted by atomic mass is 10.1. The van der Waals surface area contributed by atoms with Gasteiger partial charge in [0.2, 0.25) is 0 Å². The van der Waals surface area contributed by atoms with Crippen LogP contribution in [-0.2, 0) is 6.54 Å². The molecule has 0 unspecified atom stereocenters. The van der Waals surface area contributed by atoms with Gasteiger partial charge in [-0.05, 0) is 29.8 Å². The number of hydrogen-bond acceptors (Lipinski definition) is 3. The monoisotopic (exact) mass is 331 g/mol. The lowest BCUT2D eigenvalue weighted by Gasteiger charge is -2.05. The Kier molecular flexibility index (Phi) is 3.23. The number of nitrogens with zero attached hydrogens (tertiary/aromatic N) is 3. The maximum Gasteiger partial charge on any atom is 0.337 e. The molecule has 3 aromatic rings. The van der Waals surface area contributed by atoms with Gasteiger partial charge in [-0.25, -0.2) is 9.48 Å². The van der Waals surface area contributed by atoms with Crippen LogP contribution in [0.15, 0.2) is 46.9 Å². The quantitative estimate of drug-likeness (QED) is 0.801. The van der Waals surface area contributed by atoms with Crippen LogP contribution in [0.2, 0.25) is 0 Å². The molecule has 3 rings (SSSR count).